The zero-order valence-corrected chi connectivity index (χ0v) is 10.5. The van der Waals surface area contributed by atoms with Gasteiger partial charge in [0.05, 0.1) is 0 Å². The van der Waals surface area contributed by atoms with E-state index >= 15 is 0 Å². The van der Waals surface area contributed by atoms with Crippen molar-refractivity contribution in [2.75, 3.05) is 0 Å². The van der Waals surface area contributed by atoms with Gasteiger partial charge in [-0.3, -0.25) is 9.59 Å². The van der Waals surface area contributed by atoms with Gasteiger partial charge in [0, 0.05) is 17.9 Å². The van der Waals surface area contributed by atoms with Crippen LogP contribution < -0.4 is 0 Å². The molecule has 1 aliphatic carbocycles. The third kappa shape index (κ3) is 2.22. The van der Waals surface area contributed by atoms with Crippen LogP contribution in [0.15, 0.2) is 54.6 Å². The minimum atomic E-state index is -0.161. The first-order valence-corrected chi connectivity index (χ1v) is 6.47. The van der Waals surface area contributed by atoms with E-state index in [4.69, 9.17) is 0 Å². The highest BCUT2D eigenvalue weighted by molar-refractivity contribution is 6.10. The van der Waals surface area contributed by atoms with E-state index in [2.05, 4.69) is 0 Å². The molecule has 94 valence electrons. The van der Waals surface area contributed by atoms with Crippen molar-refractivity contribution >= 4 is 22.3 Å². The highest BCUT2D eigenvalue weighted by atomic mass is 16.1. The second-order valence-electron chi connectivity index (χ2n) is 4.89. The molecular formula is C17H14O2. The second kappa shape index (κ2) is 4.81. The van der Waals surface area contributed by atoms with Gasteiger partial charge in [0.2, 0.25) is 0 Å². The molecule has 2 heteroatoms. The first-order chi connectivity index (χ1) is 9.25. The molecule has 0 saturated heterocycles. The van der Waals surface area contributed by atoms with Crippen LogP contribution in [-0.2, 0) is 4.79 Å². The molecule has 0 bridgehead atoms. The Morgan fingerprint density at radius 3 is 2.68 bits per heavy atom. The van der Waals surface area contributed by atoms with Gasteiger partial charge in [-0.15, -0.1) is 0 Å². The van der Waals surface area contributed by atoms with Gasteiger partial charge in [-0.1, -0.05) is 48.5 Å². The lowest BCUT2D eigenvalue weighted by molar-refractivity contribution is -0.117. The molecule has 0 N–H and O–H groups in total. The zero-order valence-electron chi connectivity index (χ0n) is 10.5. The number of ketones is 2. The quantitative estimate of drug-likeness (QED) is 0.780. The fourth-order valence-electron chi connectivity index (χ4n) is 2.59. The van der Waals surface area contributed by atoms with Gasteiger partial charge in [0.1, 0.15) is 0 Å². The van der Waals surface area contributed by atoms with Gasteiger partial charge in [0.25, 0.3) is 0 Å². The maximum Gasteiger partial charge on any atom is 0.164 e. The normalized spacial score (nSPS) is 18.1. The van der Waals surface area contributed by atoms with Crippen molar-refractivity contribution in [3.05, 3.63) is 60.2 Å². The molecule has 0 amide bonds. The summed E-state index contributed by atoms with van der Waals surface area (Å²) in [4.78, 5) is 23.9. The van der Waals surface area contributed by atoms with Crippen molar-refractivity contribution in [2.45, 2.75) is 12.8 Å². The molecule has 0 radical (unpaired) electrons. The standard InChI is InChI=1S/C17H14O2/c18-16-10-4-7-13(16)11-17(19)15-9-3-6-12-5-1-2-8-14(12)15/h1-6,8-10,13H,7,11H2. The monoisotopic (exact) mass is 250 g/mol. The Morgan fingerprint density at radius 2 is 1.89 bits per heavy atom. The number of allylic oxidation sites excluding steroid dienone is 2. The number of carbonyl (C=O) groups is 2. The molecule has 3 rings (SSSR count). The fraction of sp³-hybridized carbons (Fsp3) is 0.176. The SMILES string of the molecule is O=C(CC1CC=CC1=O)c1cccc2ccccc12. The number of benzene rings is 2. The Morgan fingerprint density at radius 1 is 1.11 bits per heavy atom. The van der Waals surface area contributed by atoms with Crippen molar-refractivity contribution in [1.82, 2.24) is 0 Å². The second-order valence-corrected chi connectivity index (χ2v) is 4.89. The van der Waals surface area contributed by atoms with Crippen molar-refractivity contribution in [1.29, 1.82) is 0 Å². The van der Waals surface area contributed by atoms with Crippen molar-refractivity contribution < 1.29 is 9.59 Å². The van der Waals surface area contributed by atoms with E-state index in [0.717, 1.165) is 16.3 Å². The number of hydrogen-bond donors (Lipinski definition) is 0. The predicted octanol–water partition coefficient (Wildman–Crippen LogP) is 3.56. The van der Waals surface area contributed by atoms with E-state index in [0.29, 0.717) is 12.8 Å². The van der Waals surface area contributed by atoms with Gasteiger partial charge in [-0.25, -0.2) is 0 Å². The van der Waals surface area contributed by atoms with Crippen molar-refractivity contribution in [3.8, 4) is 0 Å². The van der Waals surface area contributed by atoms with Crippen molar-refractivity contribution in [2.24, 2.45) is 5.92 Å². The molecule has 0 aliphatic heterocycles. The summed E-state index contributed by atoms with van der Waals surface area (Å²) in [5.41, 5.74) is 0.720. The van der Waals surface area contributed by atoms with Crippen LogP contribution in [0.5, 0.6) is 0 Å². The summed E-state index contributed by atoms with van der Waals surface area (Å²) >= 11 is 0. The van der Waals surface area contributed by atoms with Crippen LogP contribution >= 0.6 is 0 Å². The number of fused-ring (bicyclic) bond motifs is 1. The van der Waals surface area contributed by atoms with Gasteiger partial charge in [0.15, 0.2) is 11.6 Å². The molecule has 0 saturated carbocycles. The third-order valence-electron chi connectivity index (χ3n) is 3.63. The van der Waals surface area contributed by atoms with Crippen LogP contribution in [0.1, 0.15) is 23.2 Å². The highest BCUT2D eigenvalue weighted by Gasteiger charge is 2.23. The molecule has 1 atom stereocenters. The van der Waals surface area contributed by atoms with E-state index in [1.54, 1.807) is 6.08 Å². The summed E-state index contributed by atoms with van der Waals surface area (Å²) in [6.07, 6.45) is 4.43. The van der Waals surface area contributed by atoms with E-state index in [9.17, 15) is 9.59 Å². The minimum Gasteiger partial charge on any atom is -0.295 e. The molecular weight excluding hydrogens is 236 g/mol. The molecule has 0 spiro atoms. The summed E-state index contributed by atoms with van der Waals surface area (Å²) in [5, 5.41) is 2.03. The lowest BCUT2D eigenvalue weighted by atomic mass is 9.93. The fourth-order valence-corrected chi connectivity index (χ4v) is 2.59. The summed E-state index contributed by atoms with van der Waals surface area (Å²) in [6, 6.07) is 13.6. The van der Waals surface area contributed by atoms with E-state index in [-0.39, 0.29) is 17.5 Å². The number of carbonyl (C=O) groups excluding carboxylic acids is 2. The Hall–Kier alpha value is -2.22. The summed E-state index contributed by atoms with van der Waals surface area (Å²) < 4.78 is 0. The zero-order chi connectivity index (χ0) is 13.2. The summed E-state index contributed by atoms with van der Waals surface area (Å²) in [5.74, 6) is -0.0288. The topological polar surface area (TPSA) is 34.1 Å². The molecule has 0 fully saturated rings. The highest BCUT2D eigenvalue weighted by Crippen LogP contribution is 2.24. The molecule has 2 nitrogen and oxygen atoms in total. The summed E-state index contributed by atoms with van der Waals surface area (Å²) in [7, 11) is 0. The Labute approximate surface area is 111 Å². The Kier molecular flexibility index (Phi) is 3.00. The number of rotatable bonds is 3. The Balaban J connectivity index is 1.91. The Bertz CT molecular complexity index is 677. The molecule has 0 heterocycles. The molecule has 2 aromatic rings. The van der Waals surface area contributed by atoms with Gasteiger partial charge in [-0.2, -0.15) is 0 Å². The van der Waals surface area contributed by atoms with Crippen LogP contribution in [0, 0.1) is 5.92 Å². The van der Waals surface area contributed by atoms with Gasteiger partial charge >= 0.3 is 0 Å². The largest absolute Gasteiger partial charge is 0.295 e. The molecule has 0 aromatic heterocycles. The average Bonchev–Trinajstić information content (AvgIpc) is 2.83. The lowest BCUT2D eigenvalue weighted by Gasteiger charge is -2.09. The molecule has 2 aromatic carbocycles. The molecule has 1 unspecified atom stereocenters. The van der Waals surface area contributed by atoms with E-state index in [1.807, 2.05) is 48.5 Å². The average molecular weight is 250 g/mol. The van der Waals surface area contributed by atoms with Gasteiger partial charge < -0.3 is 0 Å². The predicted molar refractivity (Wildman–Crippen MR) is 75.1 cm³/mol. The molecule has 1 aliphatic rings. The minimum absolute atomic E-state index is 0.0545. The van der Waals surface area contributed by atoms with Crippen LogP contribution in [0.2, 0.25) is 0 Å². The first-order valence-electron chi connectivity index (χ1n) is 6.47. The number of hydrogen-bond acceptors (Lipinski definition) is 2. The van der Waals surface area contributed by atoms with Gasteiger partial charge in [-0.05, 0) is 23.3 Å². The van der Waals surface area contributed by atoms with Crippen molar-refractivity contribution in [3.63, 3.8) is 0 Å². The summed E-state index contributed by atoms with van der Waals surface area (Å²) in [6.45, 7) is 0. The van der Waals surface area contributed by atoms with E-state index in [1.165, 1.54) is 0 Å². The smallest absolute Gasteiger partial charge is 0.164 e. The third-order valence-corrected chi connectivity index (χ3v) is 3.63. The maximum absolute atomic E-state index is 12.4. The van der Waals surface area contributed by atoms with E-state index < -0.39 is 0 Å². The number of Topliss-reactive ketones (excluding diaryl/α,β-unsaturated/α-hetero) is 1. The van der Waals surface area contributed by atoms with Crippen LogP contribution in [0.3, 0.4) is 0 Å². The maximum atomic E-state index is 12.4. The first kappa shape index (κ1) is 11.8. The van der Waals surface area contributed by atoms with Crippen LogP contribution in [-0.4, -0.2) is 11.6 Å². The molecule has 19 heavy (non-hydrogen) atoms. The van der Waals surface area contributed by atoms with Crippen LogP contribution in [0.25, 0.3) is 10.8 Å². The lowest BCUT2D eigenvalue weighted by Crippen LogP contribution is -2.13. The van der Waals surface area contributed by atoms with Crippen LogP contribution in [0.4, 0.5) is 0 Å².